The van der Waals surface area contributed by atoms with Crippen LogP contribution in [0.25, 0.3) is 0 Å². The zero-order chi connectivity index (χ0) is 15.2. The fraction of sp³-hybridized carbons (Fsp3) is 0.133. The number of aromatic carboxylic acids is 1. The molecule has 0 amide bonds. The average molecular weight is 368 g/mol. The van der Waals surface area contributed by atoms with Crippen LogP contribution in [-0.4, -0.2) is 23.4 Å². The van der Waals surface area contributed by atoms with E-state index in [0.29, 0.717) is 12.4 Å². The Hall–Kier alpha value is -1.66. The minimum absolute atomic E-state index is 0.219. The zero-order valence-corrected chi connectivity index (χ0v) is 13.5. The molecule has 0 bridgehead atoms. The Morgan fingerprint density at radius 2 is 2.10 bits per heavy atom. The number of carboxylic acids is 1. The van der Waals surface area contributed by atoms with E-state index in [0.717, 1.165) is 20.8 Å². The molecule has 0 heterocycles. The van der Waals surface area contributed by atoms with Crippen LogP contribution < -0.4 is 10.5 Å². The van der Waals surface area contributed by atoms with Gasteiger partial charge < -0.3 is 15.6 Å². The number of rotatable bonds is 6. The van der Waals surface area contributed by atoms with Crippen LogP contribution in [0.5, 0.6) is 5.75 Å². The number of carbonyl (C=O) groups is 1. The van der Waals surface area contributed by atoms with Crippen LogP contribution in [0.15, 0.2) is 51.8 Å². The summed E-state index contributed by atoms with van der Waals surface area (Å²) in [7, 11) is 0. The molecule has 0 aliphatic heterocycles. The van der Waals surface area contributed by atoms with Gasteiger partial charge in [-0.1, -0.05) is 22.0 Å². The number of hydrogen-bond acceptors (Lipinski definition) is 4. The van der Waals surface area contributed by atoms with Gasteiger partial charge in [0.05, 0.1) is 12.2 Å². The summed E-state index contributed by atoms with van der Waals surface area (Å²) in [6, 6.07) is 12.2. The first-order valence-corrected chi connectivity index (χ1v) is 7.98. The van der Waals surface area contributed by atoms with Crippen LogP contribution >= 0.6 is 27.7 Å². The Morgan fingerprint density at radius 1 is 1.29 bits per heavy atom. The highest BCUT2D eigenvalue weighted by molar-refractivity contribution is 9.10. The van der Waals surface area contributed by atoms with Crippen molar-refractivity contribution >= 4 is 39.3 Å². The number of halogens is 1. The lowest BCUT2D eigenvalue weighted by Gasteiger charge is -2.08. The van der Waals surface area contributed by atoms with E-state index >= 15 is 0 Å². The first kappa shape index (κ1) is 15.7. The zero-order valence-electron chi connectivity index (χ0n) is 11.1. The van der Waals surface area contributed by atoms with Gasteiger partial charge in [0.1, 0.15) is 5.75 Å². The summed E-state index contributed by atoms with van der Waals surface area (Å²) in [6.45, 7) is 0.472. The second-order valence-electron chi connectivity index (χ2n) is 4.21. The molecule has 0 unspecified atom stereocenters. The van der Waals surface area contributed by atoms with Gasteiger partial charge in [-0.3, -0.25) is 0 Å². The molecule has 0 aliphatic rings. The van der Waals surface area contributed by atoms with Gasteiger partial charge in [-0.2, -0.15) is 0 Å². The lowest BCUT2D eigenvalue weighted by Crippen LogP contribution is -2.02. The van der Waals surface area contributed by atoms with Crippen molar-refractivity contribution in [2.45, 2.75) is 4.90 Å². The van der Waals surface area contributed by atoms with Crippen molar-refractivity contribution in [2.24, 2.45) is 0 Å². The van der Waals surface area contributed by atoms with Crippen LogP contribution in [-0.2, 0) is 0 Å². The quantitative estimate of drug-likeness (QED) is 0.460. The molecule has 0 aliphatic carbocycles. The van der Waals surface area contributed by atoms with E-state index in [1.54, 1.807) is 23.9 Å². The number of carboxylic acid groups (broad SMARTS) is 1. The number of benzene rings is 2. The predicted octanol–water partition coefficient (Wildman–Crippen LogP) is 3.90. The molecular formula is C15H14BrNO3S. The first-order valence-electron chi connectivity index (χ1n) is 6.20. The first-order chi connectivity index (χ1) is 10.1. The lowest BCUT2D eigenvalue weighted by atomic mass is 10.2. The molecule has 2 rings (SSSR count). The van der Waals surface area contributed by atoms with Gasteiger partial charge in [0, 0.05) is 20.8 Å². The van der Waals surface area contributed by atoms with Crippen LogP contribution in [0.1, 0.15) is 10.4 Å². The highest BCUT2D eigenvalue weighted by Crippen LogP contribution is 2.28. The van der Waals surface area contributed by atoms with Crippen molar-refractivity contribution in [3.05, 3.63) is 52.5 Å². The monoisotopic (exact) mass is 367 g/mol. The van der Waals surface area contributed by atoms with Gasteiger partial charge in [0.2, 0.25) is 0 Å². The number of thioether (sulfide) groups is 1. The third-order valence-corrected chi connectivity index (χ3v) is 4.19. The van der Waals surface area contributed by atoms with E-state index in [1.807, 2.05) is 18.2 Å². The molecule has 2 aromatic rings. The highest BCUT2D eigenvalue weighted by atomic mass is 79.9. The van der Waals surface area contributed by atoms with Crippen LogP contribution in [0.2, 0.25) is 0 Å². The minimum Gasteiger partial charge on any atom is -0.493 e. The van der Waals surface area contributed by atoms with E-state index in [4.69, 9.17) is 15.6 Å². The van der Waals surface area contributed by atoms with Gasteiger partial charge in [-0.25, -0.2) is 4.79 Å². The minimum atomic E-state index is -0.961. The van der Waals surface area contributed by atoms with E-state index in [1.165, 1.54) is 12.1 Å². The summed E-state index contributed by atoms with van der Waals surface area (Å²) >= 11 is 5.00. The summed E-state index contributed by atoms with van der Waals surface area (Å²) in [5.41, 5.74) is 6.84. The van der Waals surface area contributed by atoms with E-state index < -0.39 is 5.97 Å². The smallest absolute Gasteiger partial charge is 0.335 e. The maximum absolute atomic E-state index is 10.9. The number of nitrogens with two attached hydrogens (primary N) is 1. The lowest BCUT2D eigenvalue weighted by molar-refractivity contribution is 0.0696. The second kappa shape index (κ2) is 7.38. The molecule has 21 heavy (non-hydrogen) atoms. The molecule has 2 aromatic carbocycles. The number of hydrogen-bond donors (Lipinski definition) is 2. The predicted molar refractivity (Wildman–Crippen MR) is 88.2 cm³/mol. The molecule has 4 nitrogen and oxygen atoms in total. The Balaban J connectivity index is 1.86. The summed E-state index contributed by atoms with van der Waals surface area (Å²) < 4.78 is 6.53. The molecule has 6 heteroatoms. The molecule has 0 aromatic heterocycles. The summed E-state index contributed by atoms with van der Waals surface area (Å²) in [5.74, 6) is 0.312. The number of nitrogen functional groups attached to an aromatic ring is 1. The summed E-state index contributed by atoms with van der Waals surface area (Å²) in [6.07, 6.45) is 0. The molecule has 0 atom stereocenters. The molecule has 0 fully saturated rings. The molecular weight excluding hydrogens is 354 g/mol. The van der Waals surface area contributed by atoms with Gasteiger partial charge in [-0.05, 0) is 36.4 Å². The van der Waals surface area contributed by atoms with Crippen LogP contribution in [0, 0.1) is 0 Å². The SMILES string of the molecule is Nc1ccc(Br)cc1SCCOc1cccc(C(=O)O)c1. The third kappa shape index (κ3) is 4.68. The normalized spacial score (nSPS) is 10.3. The maximum atomic E-state index is 10.9. The standard InChI is InChI=1S/C15H14BrNO3S/c16-11-4-5-13(17)14(9-11)21-7-6-20-12-3-1-2-10(8-12)15(18)19/h1-5,8-9H,6-7,17H2,(H,18,19). The van der Waals surface area contributed by atoms with E-state index in [2.05, 4.69) is 15.9 Å². The topological polar surface area (TPSA) is 72.5 Å². The van der Waals surface area contributed by atoms with E-state index in [-0.39, 0.29) is 5.56 Å². The van der Waals surface area contributed by atoms with Crippen molar-refractivity contribution < 1.29 is 14.6 Å². The van der Waals surface area contributed by atoms with Crippen LogP contribution in [0.3, 0.4) is 0 Å². The van der Waals surface area contributed by atoms with Crippen molar-refractivity contribution in [1.82, 2.24) is 0 Å². The third-order valence-electron chi connectivity index (χ3n) is 2.67. The second-order valence-corrected chi connectivity index (χ2v) is 6.26. The van der Waals surface area contributed by atoms with Crippen molar-refractivity contribution in [2.75, 3.05) is 18.1 Å². The van der Waals surface area contributed by atoms with Crippen molar-refractivity contribution in [1.29, 1.82) is 0 Å². The Bertz CT molecular complexity index is 649. The molecule has 0 saturated carbocycles. The van der Waals surface area contributed by atoms with Gasteiger partial charge in [0.15, 0.2) is 0 Å². The largest absolute Gasteiger partial charge is 0.493 e. The Kier molecular flexibility index (Phi) is 5.52. The Morgan fingerprint density at radius 3 is 2.86 bits per heavy atom. The molecule has 0 spiro atoms. The van der Waals surface area contributed by atoms with Crippen molar-refractivity contribution in [3.63, 3.8) is 0 Å². The average Bonchev–Trinajstić information content (AvgIpc) is 2.47. The fourth-order valence-electron chi connectivity index (χ4n) is 1.66. The maximum Gasteiger partial charge on any atom is 0.335 e. The van der Waals surface area contributed by atoms with Gasteiger partial charge in [0.25, 0.3) is 0 Å². The number of anilines is 1. The van der Waals surface area contributed by atoms with Gasteiger partial charge >= 0.3 is 5.97 Å². The molecule has 3 N–H and O–H groups in total. The van der Waals surface area contributed by atoms with Crippen LogP contribution in [0.4, 0.5) is 5.69 Å². The summed E-state index contributed by atoms with van der Waals surface area (Å²) in [4.78, 5) is 11.9. The Labute approximate surface area is 135 Å². The molecule has 0 saturated heterocycles. The van der Waals surface area contributed by atoms with Crippen molar-refractivity contribution in [3.8, 4) is 5.75 Å². The highest BCUT2D eigenvalue weighted by Gasteiger charge is 2.04. The van der Waals surface area contributed by atoms with Gasteiger partial charge in [-0.15, -0.1) is 11.8 Å². The molecule has 0 radical (unpaired) electrons. The summed E-state index contributed by atoms with van der Waals surface area (Å²) in [5, 5.41) is 8.91. The fourth-order valence-corrected chi connectivity index (χ4v) is 3.01. The number of ether oxygens (including phenoxy) is 1. The van der Waals surface area contributed by atoms with E-state index in [9.17, 15) is 4.79 Å². The molecule has 110 valence electrons.